The first-order chi connectivity index (χ1) is 10.1. The molecule has 2 bridgehead atoms. The minimum atomic E-state index is 0.431. The number of halogens is 2. The summed E-state index contributed by atoms with van der Waals surface area (Å²) in [7, 11) is 0. The third-order valence-corrected chi connectivity index (χ3v) is 4.87. The lowest BCUT2D eigenvalue weighted by Crippen LogP contribution is -2.42. The summed E-state index contributed by atoms with van der Waals surface area (Å²) in [4.78, 5) is 0. The molecule has 0 saturated heterocycles. The first-order valence-electron chi connectivity index (χ1n) is 6.85. The van der Waals surface area contributed by atoms with Crippen LogP contribution in [0.1, 0.15) is 18.4 Å². The first kappa shape index (κ1) is 14.8. The minimum absolute atomic E-state index is 0.431. The van der Waals surface area contributed by atoms with Crippen molar-refractivity contribution in [1.29, 1.82) is 0 Å². The lowest BCUT2D eigenvalue weighted by molar-refractivity contribution is 0.521. The van der Waals surface area contributed by atoms with Gasteiger partial charge in [0.15, 0.2) is 5.11 Å². The van der Waals surface area contributed by atoms with Gasteiger partial charge >= 0.3 is 0 Å². The summed E-state index contributed by atoms with van der Waals surface area (Å²) in [6.07, 6.45) is 8.65. The van der Waals surface area contributed by atoms with E-state index in [2.05, 4.69) is 28.0 Å². The van der Waals surface area contributed by atoms with Crippen LogP contribution in [-0.2, 0) is 0 Å². The van der Waals surface area contributed by atoms with Gasteiger partial charge < -0.3 is 5.32 Å². The van der Waals surface area contributed by atoms with Crippen LogP contribution in [0.2, 0.25) is 10.0 Å². The zero-order valence-corrected chi connectivity index (χ0v) is 13.6. The van der Waals surface area contributed by atoms with Crippen molar-refractivity contribution in [1.82, 2.24) is 10.7 Å². The number of benzene rings is 1. The summed E-state index contributed by atoms with van der Waals surface area (Å²) >= 11 is 17.1. The number of nitrogens with one attached hydrogen (secondary N) is 2. The lowest BCUT2D eigenvalue weighted by atomic mass is 10.0. The number of hydrogen-bond donors (Lipinski definition) is 2. The van der Waals surface area contributed by atoms with Crippen molar-refractivity contribution in [2.24, 2.45) is 16.9 Å². The Hall–Kier alpha value is -1.10. The summed E-state index contributed by atoms with van der Waals surface area (Å²) in [6, 6.07) is 5.77. The van der Waals surface area contributed by atoms with Crippen LogP contribution in [0, 0.1) is 11.8 Å². The predicted molar refractivity (Wildman–Crippen MR) is 92.1 cm³/mol. The van der Waals surface area contributed by atoms with Crippen molar-refractivity contribution in [3.63, 3.8) is 0 Å². The third kappa shape index (κ3) is 3.57. The van der Waals surface area contributed by atoms with Crippen molar-refractivity contribution in [2.75, 3.05) is 0 Å². The number of nitrogens with zero attached hydrogens (tertiary/aromatic N) is 1. The smallest absolute Gasteiger partial charge is 0.187 e. The van der Waals surface area contributed by atoms with Crippen LogP contribution >= 0.6 is 35.4 Å². The monoisotopic (exact) mass is 339 g/mol. The van der Waals surface area contributed by atoms with Crippen LogP contribution in [0.25, 0.3) is 0 Å². The average molecular weight is 340 g/mol. The summed E-state index contributed by atoms with van der Waals surface area (Å²) in [5, 5.41) is 9.04. The Kier molecular flexibility index (Phi) is 4.48. The number of fused-ring (bicyclic) bond motifs is 2. The van der Waals surface area contributed by atoms with Crippen LogP contribution < -0.4 is 10.7 Å². The predicted octanol–water partition coefficient (Wildman–Crippen LogP) is 3.76. The Morgan fingerprint density at radius 2 is 2.10 bits per heavy atom. The molecule has 0 heterocycles. The van der Waals surface area contributed by atoms with E-state index < -0.39 is 0 Å². The normalized spacial score (nSPS) is 26.5. The molecule has 3 nitrogen and oxygen atoms in total. The van der Waals surface area contributed by atoms with E-state index in [1.54, 1.807) is 18.3 Å². The van der Waals surface area contributed by atoms with Gasteiger partial charge in [-0.1, -0.05) is 41.4 Å². The molecule has 1 saturated carbocycles. The van der Waals surface area contributed by atoms with Crippen molar-refractivity contribution >= 4 is 46.7 Å². The first-order valence-corrected chi connectivity index (χ1v) is 8.01. The van der Waals surface area contributed by atoms with Gasteiger partial charge in [-0.05, 0) is 54.6 Å². The van der Waals surface area contributed by atoms with Gasteiger partial charge in [0.1, 0.15) is 0 Å². The topological polar surface area (TPSA) is 36.4 Å². The maximum Gasteiger partial charge on any atom is 0.187 e. The summed E-state index contributed by atoms with van der Waals surface area (Å²) in [6.45, 7) is 0. The largest absolute Gasteiger partial charge is 0.358 e. The molecule has 0 unspecified atom stereocenters. The van der Waals surface area contributed by atoms with Gasteiger partial charge in [0.25, 0.3) is 0 Å². The minimum Gasteiger partial charge on any atom is -0.358 e. The Bertz CT molecular complexity index is 615. The molecule has 0 radical (unpaired) electrons. The number of hydrazone groups is 1. The third-order valence-electron chi connectivity index (χ3n) is 3.92. The van der Waals surface area contributed by atoms with Crippen molar-refractivity contribution in [3.05, 3.63) is 46.0 Å². The highest BCUT2D eigenvalue weighted by Gasteiger charge is 2.35. The molecule has 0 spiro atoms. The number of thiocarbonyl (C=S) groups is 1. The molecular weight excluding hydrogens is 325 g/mol. The van der Waals surface area contributed by atoms with Gasteiger partial charge in [0.05, 0.1) is 16.3 Å². The van der Waals surface area contributed by atoms with E-state index in [0.717, 1.165) is 17.9 Å². The fourth-order valence-corrected chi connectivity index (χ4v) is 3.42. The molecule has 110 valence electrons. The molecule has 1 aromatic rings. The molecule has 0 aromatic heterocycles. The van der Waals surface area contributed by atoms with Gasteiger partial charge in [-0.2, -0.15) is 5.10 Å². The van der Waals surface area contributed by atoms with Gasteiger partial charge in [0, 0.05) is 6.04 Å². The van der Waals surface area contributed by atoms with Crippen molar-refractivity contribution in [2.45, 2.75) is 18.9 Å². The molecule has 3 atom stereocenters. The highest BCUT2D eigenvalue weighted by Crippen LogP contribution is 2.38. The van der Waals surface area contributed by atoms with Gasteiger partial charge in [0.2, 0.25) is 0 Å². The molecular formula is C15H15Cl2N3S. The Morgan fingerprint density at radius 1 is 1.24 bits per heavy atom. The van der Waals surface area contributed by atoms with Crippen LogP contribution in [0.4, 0.5) is 0 Å². The number of rotatable bonds is 3. The van der Waals surface area contributed by atoms with Crippen LogP contribution in [0.5, 0.6) is 0 Å². The maximum atomic E-state index is 5.95. The van der Waals surface area contributed by atoms with Crippen LogP contribution in [-0.4, -0.2) is 17.4 Å². The van der Waals surface area contributed by atoms with E-state index in [4.69, 9.17) is 35.4 Å². The molecule has 0 aliphatic heterocycles. The second kappa shape index (κ2) is 6.34. The zero-order valence-electron chi connectivity index (χ0n) is 11.2. The molecule has 0 amide bonds. The van der Waals surface area contributed by atoms with Gasteiger partial charge in [-0.3, -0.25) is 5.43 Å². The Morgan fingerprint density at radius 3 is 2.76 bits per heavy atom. The molecule has 2 N–H and O–H groups in total. The number of hydrogen-bond acceptors (Lipinski definition) is 2. The second-order valence-corrected chi connectivity index (χ2v) is 6.63. The molecule has 2 aliphatic carbocycles. The van der Waals surface area contributed by atoms with Crippen LogP contribution in [0.15, 0.2) is 35.5 Å². The quantitative estimate of drug-likeness (QED) is 0.381. The maximum absolute atomic E-state index is 5.95. The molecule has 3 rings (SSSR count). The summed E-state index contributed by atoms with van der Waals surface area (Å²) in [5.41, 5.74) is 3.70. The number of allylic oxidation sites excluding steroid dienone is 1. The zero-order chi connectivity index (χ0) is 14.8. The van der Waals surface area contributed by atoms with E-state index in [1.807, 2.05) is 6.07 Å². The fourth-order valence-electron chi connectivity index (χ4n) is 2.91. The van der Waals surface area contributed by atoms with E-state index in [-0.39, 0.29) is 0 Å². The van der Waals surface area contributed by atoms with E-state index in [0.29, 0.717) is 27.1 Å². The van der Waals surface area contributed by atoms with E-state index in [9.17, 15) is 0 Å². The molecule has 1 aromatic carbocycles. The molecule has 2 aliphatic rings. The van der Waals surface area contributed by atoms with Gasteiger partial charge in [-0.25, -0.2) is 0 Å². The van der Waals surface area contributed by atoms with E-state index in [1.165, 1.54) is 6.42 Å². The fraction of sp³-hybridized carbons (Fsp3) is 0.333. The second-order valence-electron chi connectivity index (χ2n) is 5.40. The van der Waals surface area contributed by atoms with Gasteiger partial charge in [-0.15, -0.1) is 0 Å². The highest BCUT2D eigenvalue weighted by molar-refractivity contribution is 7.80. The highest BCUT2D eigenvalue weighted by atomic mass is 35.5. The Labute approximate surface area is 139 Å². The molecule has 21 heavy (non-hydrogen) atoms. The average Bonchev–Trinajstić information content (AvgIpc) is 3.05. The van der Waals surface area contributed by atoms with Crippen LogP contribution in [0.3, 0.4) is 0 Å². The van der Waals surface area contributed by atoms with Crippen molar-refractivity contribution in [3.8, 4) is 0 Å². The summed E-state index contributed by atoms with van der Waals surface area (Å²) in [5.74, 6) is 1.32. The SMILES string of the molecule is S=C(N/N=C\c1ccc(Cl)c(Cl)c1)N[C@@H]1C[C@H]2C=C[C@H]1C2. The van der Waals surface area contributed by atoms with E-state index >= 15 is 0 Å². The Balaban J connectivity index is 1.50. The molecule has 1 fully saturated rings. The molecule has 6 heteroatoms. The van der Waals surface area contributed by atoms with Crippen molar-refractivity contribution < 1.29 is 0 Å². The summed E-state index contributed by atoms with van der Waals surface area (Å²) < 4.78 is 0. The standard InChI is InChI=1S/C15H15Cl2N3S/c16-12-4-2-10(6-13(12)17)8-18-20-15(21)19-14-7-9-1-3-11(14)5-9/h1-4,6,8-9,11,14H,5,7H2,(H2,19,20,21)/b18-8-/t9-,11-,14+/m0/s1. The lowest BCUT2D eigenvalue weighted by Gasteiger charge is -2.20.